The maximum atomic E-state index is 11.6. The van der Waals surface area contributed by atoms with E-state index in [1.54, 1.807) is 7.05 Å². The zero-order valence-corrected chi connectivity index (χ0v) is 20.6. The Labute approximate surface area is 198 Å². The SMILES string of the molecule is CC(=O)Nc1c(I)c(C(=O)O)c(I)c(N(C)C(C)=O)c1I.[Ca]. The molecule has 10 heteroatoms. The molecule has 22 heavy (non-hydrogen) atoms. The molecule has 0 bridgehead atoms. The number of benzene rings is 1. The first-order valence-electron chi connectivity index (χ1n) is 5.55. The van der Waals surface area contributed by atoms with Crippen LogP contribution in [-0.2, 0) is 9.59 Å². The van der Waals surface area contributed by atoms with Gasteiger partial charge in [-0.2, -0.15) is 0 Å². The van der Waals surface area contributed by atoms with Crippen molar-refractivity contribution in [3.05, 3.63) is 16.3 Å². The second-order valence-electron chi connectivity index (χ2n) is 4.10. The molecular weight excluding hydrogens is 657 g/mol. The van der Waals surface area contributed by atoms with Crippen molar-refractivity contribution in [1.29, 1.82) is 0 Å². The molecule has 0 fully saturated rings. The van der Waals surface area contributed by atoms with Crippen molar-refractivity contribution in [2.24, 2.45) is 0 Å². The Morgan fingerprint density at radius 1 is 1.05 bits per heavy atom. The van der Waals surface area contributed by atoms with Crippen LogP contribution in [0.1, 0.15) is 24.2 Å². The molecule has 1 aromatic rings. The van der Waals surface area contributed by atoms with E-state index in [9.17, 15) is 19.5 Å². The molecule has 0 saturated heterocycles. The number of rotatable bonds is 3. The molecule has 1 rings (SSSR count). The number of aromatic carboxylic acids is 1. The molecule has 0 aliphatic rings. The van der Waals surface area contributed by atoms with E-state index in [2.05, 4.69) is 5.32 Å². The molecular formula is C12H11CaI3N2O4. The van der Waals surface area contributed by atoms with Gasteiger partial charge in [0.2, 0.25) is 11.8 Å². The number of hydrogen-bond acceptors (Lipinski definition) is 3. The van der Waals surface area contributed by atoms with Gasteiger partial charge in [-0.25, -0.2) is 4.79 Å². The number of carbonyl (C=O) groups is 3. The second-order valence-corrected chi connectivity index (χ2v) is 7.34. The van der Waals surface area contributed by atoms with Crippen LogP contribution in [0.3, 0.4) is 0 Å². The average Bonchev–Trinajstić information content (AvgIpc) is 2.33. The van der Waals surface area contributed by atoms with E-state index in [4.69, 9.17) is 0 Å². The summed E-state index contributed by atoms with van der Waals surface area (Å²) in [5, 5.41) is 12.1. The van der Waals surface area contributed by atoms with Crippen molar-refractivity contribution >= 4 is 135 Å². The van der Waals surface area contributed by atoms with Gasteiger partial charge in [-0.3, -0.25) is 9.59 Å². The average molecular weight is 668 g/mol. The van der Waals surface area contributed by atoms with E-state index < -0.39 is 5.97 Å². The van der Waals surface area contributed by atoms with Crippen molar-refractivity contribution in [1.82, 2.24) is 0 Å². The Morgan fingerprint density at radius 3 is 1.91 bits per heavy atom. The van der Waals surface area contributed by atoms with E-state index >= 15 is 0 Å². The van der Waals surface area contributed by atoms with Gasteiger partial charge in [0.25, 0.3) is 0 Å². The van der Waals surface area contributed by atoms with Gasteiger partial charge < -0.3 is 15.3 Å². The predicted octanol–water partition coefficient (Wildman–Crippen LogP) is 2.76. The van der Waals surface area contributed by atoms with Gasteiger partial charge in [0, 0.05) is 58.6 Å². The molecule has 0 aliphatic heterocycles. The van der Waals surface area contributed by atoms with Crippen molar-refractivity contribution in [3.8, 4) is 0 Å². The third kappa shape index (κ3) is 5.04. The number of anilines is 2. The minimum absolute atomic E-state index is 0. The second kappa shape index (κ2) is 9.53. The monoisotopic (exact) mass is 668 g/mol. The number of carboxylic acids is 1. The molecule has 6 nitrogen and oxygen atoms in total. The van der Waals surface area contributed by atoms with Crippen LogP contribution in [0, 0.1) is 10.7 Å². The summed E-state index contributed by atoms with van der Waals surface area (Å²) in [6.07, 6.45) is 0. The zero-order chi connectivity index (χ0) is 16.5. The van der Waals surface area contributed by atoms with Gasteiger partial charge >= 0.3 is 5.97 Å². The first-order chi connectivity index (χ1) is 9.59. The van der Waals surface area contributed by atoms with E-state index in [0.717, 1.165) is 0 Å². The van der Waals surface area contributed by atoms with Crippen LogP contribution in [0.2, 0.25) is 0 Å². The molecule has 2 amide bonds. The normalized spacial score (nSPS) is 9.73. The summed E-state index contributed by atoms with van der Waals surface area (Å²) in [7, 11) is 1.57. The molecule has 1 aromatic carbocycles. The summed E-state index contributed by atoms with van der Waals surface area (Å²) >= 11 is 5.80. The van der Waals surface area contributed by atoms with Crippen LogP contribution in [0.5, 0.6) is 0 Å². The van der Waals surface area contributed by atoms with E-state index in [0.29, 0.717) is 22.1 Å². The largest absolute Gasteiger partial charge is 0.478 e. The van der Waals surface area contributed by atoms with Gasteiger partial charge in [0.1, 0.15) is 0 Å². The quantitative estimate of drug-likeness (QED) is 0.384. The molecule has 2 N–H and O–H groups in total. The fourth-order valence-electron chi connectivity index (χ4n) is 1.58. The van der Waals surface area contributed by atoms with Crippen molar-refractivity contribution in [3.63, 3.8) is 0 Å². The molecule has 0 saturated carbocycles. The fraction of sp³-hybridized carbons (Fsp3) is 0.250. The number of nitrogens with zero attached hydrogens (tertiary/aromatic N) is 1. The van der Waals surface area contributed by atoms with Gasteiger partial charge in [0.05, 0.1) is 27.6 Å². The molecule has 116 valence electrons. The molecule has 2 radical (unpaired) electrons. The van der Waals surface area contributed by atoms with Gasteiger partial charge in [-0.15, -0.1) is 0 Å². The Hall–Kier alpha value is 1.08. The van der Waals surface area contributed by atoms with Crippen LogP contribution in [0.4, 0.5) is 11.4 Å². The van der Waals surface area contributed by atoms with Crippen LogP contribution in [-0.4, -0.2) is 67.7 Å². The van der Waals surface area contributed by atoms with E-state index in [1.807, 2.05) is 67.8 Å². The first kappa shape index (κ1) is 23.1. The van der Waals surface area contributed by atoms with E-state index in [1.165, 1.54) is 18.7 Å². The van der Waals surface area contributed by atoms with Crippen LogP contribution in [0.15, 0.2) is 0 Å². The smallest absolute Gasteiger partial charge is 0.338 e. The Morgan fingerprint density at radius 2 is 1.55 bits per heavy atom. The third-order valence-corrected chi connectivity index (χ3v) is 5.80. The number of carboxylic acid groups (broad SMARTS) is 1. The standard InChI is InChI=1S/C12H11I3N2O4.Ca/c1-4(18)16-10-7(13)6(12(20)21)8(14)11(9(10)15)17(3)5(2)19;/h1-3H3,(H,16,18)(H,20,21);. The van der Waals surface area contributed by atoms with Crippen molar-refractivity contribution in [2.45, 2.75) is 13.8 Å². The summed E-state index contributed by atoms with van der Waals surface area (Å²) in [4.78, 5) is 35.9. The Kier molecular flexibility index (Phi) is 10.0. The van der Waals surface area contributed by atoms with E-state index in [-0.39, 0.29) is 55.1 Å². The minimum atomic E-state index is -1.11. The summed E-state index contributed by atoms with van der Waals surface area (Å²) in [6.45, 7) is 2.74. The summed E-state index contributed by atoms with van der Waals surface area (Å²) in [6, 6.07) is 0. The van der Waals surface area contributed by atoms with Crippen molar-refractivity contribution < 1.29 is 19.5 Å². The minimum Gasteiger partial charge on any atom is -0.478 e. The summed E-state index contributed by atoms with van der Waals surface area (Å²) in [5.41, 5.74) is 0.957. The Bertz CT molecular complexity index is 652. The molecule has 0 heterocycles. The van der Waals surface area contributed by atoms with Gasteiger partial charge in [-0.05, 0) is 67.8 Å². The Balaban J connectivity index is 0.00000441. The zero-order valence-electron chi connectivity index (χ0n) is 12.0. The maximum Gasteiger partial charge on any atom is 0.338 e. The number of amides is 2. The number of hydrogen-bond donors (Lipinski definition) is 2. The molecule has 0 atom stereocenters. The predicted molar refractivity (Wildman–Crippen MR) is 111 cm³/mol. The van der Waals surface area contributed by atoms with Crippen molar-refractivity contribution in [2.75, 3.05) is 17.3 Å². The van der Waals surface area contributed by atoms with Crippen LogP contribution >= 0.6 is 67.8 Å². The van der Waals surface area contributed by atoms with Gasteiger partial charge in [0.15, 0.2) is 0 Å². The fourth-order valence-corrected chi connectivity index (χ4v) is 6.20. The molecule has 0 aliphatic carbocycles. The third-order valence-electron chi connectivity index (χ3n) is 2.62. The first-order valence-corrected chi connectivity index (χ1v) is 8.78. The summed E-state index contributed by atoms with van der Waals surface area (Å²) < 4.78 is 1.52. The van der Waals surface area contributed by atoms with Gasteiger partial charge in [-0.1, -0.05) is 0 Å². The topological polar surface area (TPSA) is 86.7 Å². The summed E-state index contributed by atoms with van der Waals surface area (Å²) in [5.74, 6) is -1.64. The maximum absolute atomic E-state index is 11.6. The number of halogens is 3. The molecule has 0 spiro atoms. The molecule has 0 aromatic heterocycles. The molecule has 0 unspecified atom stereocenters. The van der Waals surface area contributed by atoms with Crippen LogP contribution in [0.25, 0.3) is 0 Å². The number of nitrogens with one attached hydrogen (secondary N) is 1. The number of carbonyl (C=O) groups excluding carboxylic acids is 2. The van der Waals surface area contributed by atoms with Crippen LogP contribution < -0.4 is 10.2 Å².